The summed E-state index contributed by atoms with van der Waals surface area (Å²) in [5, 5.41) is 3.93. The van der Waals surface area contributed by atoms with Crippen molar-refractivity contribution in [2.75, 3.05) is 44.4 Å². The summed E-state index contributed by atoms with van der Waals surface area (Å²) in [6.45, 7) is 5.60. The first kappa shape index (κ1) is 23.9. The molecule has 2 aliphatic heterocycles. The second-order valence-electron chi connectivity index (χ2n) is 10.2. The summed E-state index contributed by atoms with van der Waals surface area (Å²) in [6, 6.07) is 15.8. The fourth-order valence-electron chi connectivity index (χ4n) is 5.79. The zero-order valence-electron chi connectivity index (χ0n) is 21.1. The normalized spacial score (nSPS) is 21.7. The van der Waals surface area contributed by atoms with Gasteiger partial charge in [0.1, 0.15) is 5.75 Å². The summed E-state index contributed by atoms with van der Waals surface area (Å²) in [4.78, 5) is 21.9. The number of fused-ring (bicyclic) bond motifs is 2. The summed E-state index contributed by atoms with van der Waals surface area (Å²) >= 11 is 0. The summed E-state index contributed by atoms with van der Waals surface area (Å²) in [5.74, 6) is 3.01. The predicted molar refractivity (Wildman–Crippen MR) is 142 cm³/mol. The van der Waals surface area contributed by atoms with Crippen LogP contribution in [0, 0.1) is 5.92 Å². The highest BCUT2D eigenvalue weighted by atomic mass is 16.7. The van der Waals surface area contributed by atoms with E-state index >= 15 is 0 Å². The van der Waals surface area contributed by atoms with Gasteiger partial charge in [0, 0.05) is 43.8 Å². The van der Waals surface area contributed by atoms with E-state index in [0.717, 1.165) is 92.4 Å². The molecule has 1 saturated heterocycles. The average Bonchev–Trinajstić information content (AvgIpc) is 3.43. The SMILES string of the molecule is O=C(N[C@H]1CC[C@H](CCN2CCN(c3cccc4c3OCO4)CC2)CC1)Oc1ccnc2ccccc12. The Hall–Kier alpha value is -3.52. The number of piperazine rings is 1. The maximum absolute atomic E-state index is 12.6. The lowest BCUT2D eigenvalue weighted by atomic mass is 9.84. The Morgan fingerprint density at radius 3 is 2.68 bits per heavy atom. The number of benzene rings is 2. The number of nitrogens with zero attached hydrogens (tertiary/aromatic N) is 3. The second kappa shape index (κ2) is 10.8. The Kier molecular flexibility index (Phi) is 6.99. The first-order valence-corrected chi connectivity index (χ1v) is 13.4. The van der Waals surface area contributed by atoms with Gasteiger partial charge in [-0.15, -0.1) is 0 Å². The number of anilines is 1. The van der Waals surface area contributed by atoms with Crippen molar-refractivity contribution >= 4 is 22.7 Å². The third kappa shape index (κ3) is 5.44. The first-order chi connectivity index (χ1) is 18.2. The van der Waals surface area contributed by atoms with Crippen LogP contribution in [-0.4, -0.2) is 61.5 Å². The van der Waals surface area contributed by atoms with Crippen molar-refractivity contribution in [2.45, 2.75) is 38.1 Å². The monoisotopic (exact) mass is 502 g/mol. The Bertz CT molecular complexity index is 1230. The van der Waals surface area contributed by atoms with E-state index in [2.05, 4.69) is 26.2 Å². The minimum absolute atomic E-state index is 0.180. The minimum Gasteiger partial charge on any atom is -0.454 e. The van der Waals surface area contributed by atoms with Crippen LogP contribution in [0.25, 0.3) is 10.9 Å². The number of pyridine rings is 1. The number of ether oxygens (including phenoxy) is 3. The van der Waals surface area contributed by atoms with E-state index in [-0.39, 0.29) is 12.1 Å². The second-order valence-corrected chi connectivity index (χ2v) is 10.2. The Balaban J connectivity index is 0.915. The van der Waals surface area contributed by atoms with E-state index in [1.165, 1.54) is 6.42 Å². The highest BCUT2D eigenvalue weighted by molar-refractivity contribution is 5.87. The fraction of sp³-hybridized carbons (Fsp3) is 0.448. The molecule has 0 radical (unpaired) electrons. The lowest BCUT2D eigenvalue weighted by molar-refractivity contribution is 0.173. The van der Waals surface area contributed by atoms with Gasteiger partial charge in [0.05, 0.1) is 11.2 Å². The fourth-order valence-corrected chi connectivity index (χ4v) is 5.79. The minimum atomic E-state index is -0.376. The maximum atomic E-state index is 12.6. The van der Waals surface area contributed by atoms with Crippen LogP contribution < -0.4 is 24.4 Å². The molecule has 1 aliphatic carbocycles. The molecule has 194 valence electrons. The van der Waals surface area contributed by atoms with E-state index in [1.807, 2.05) is 36.4 Å². The molecule has 1 amide bonds. The van der Waals surface area contributed by atoms with Crippen LogP contribution in [-0.2, 0) is 0 Å². The van der Waals surface area contributed by atoms with Gasteiger partial charge in [-0.2, -0.15) is 0 Å². The van der Waals surface area contributed by atoms with Crippen LogP contribution in [0.2, 0.25) is 0 Å². The average molecular weight is 503 g/mol. The number of hydrogen-bond acceptors (Lipinski definition) is 7. The summed E-state index contributed by atoms with van der Waals surface area (Å²) < 4.78 is 16.9. The molecule has 0 spiro atoms. The number of amides is 1. The van der Waals surface area contributed by atoms with Crippen LogP contribution in [0.5, 0.6) is 17.2 Å². The molecule has 2 aromatic carbocycles. The van der Waals surface area contributed by atoms with Crippen molar-refractivity contribution in [3.8, 4) is 17.2 Å². The van der Waals surface area contributed by atoms with Gasteiger partial charge in [-0.1, -0.05) is 18.2 Å². The standard InChI is InChI=1S/C29H34N4O4/c34-29(37-26-12-14-30-24-5-2-1-4-23(24)26)31-22-10-8-21(9-11-22)13-15-32-16-18-33(19-17-32)25-6-3-7-27-28(25)36-20-35-27/h1-7,12,14,21-22H,8-11,13,15-20H2,(H,31,34)/t21-,22-. The molecule has 1 aromatic heterocycles. The van der Waals surface area contributed by atoms with E-state index in [4.69, 9.17) is 14.2 Å². The Labute approximate surface area is 217 Å². The number of para-hydroxylation sites is 2. The molecule has 3 heterocycles. The van der Waals surface area contributed by atoms with Crippen molar-refractivity contribution in [1.82, 2.24) is 15.2 Å². The van der Waals surface area contributed by atoms with Gasteiger partial charge in [-0.3, -0.25) is 9.88 Å². The smallest absolute Gasteiger partial charge is 0.412 e. The summed E-state index contributed by atoms with van der Waals surface area (Å²) in [5.41, 5.74) is 1.97. The van der Waals surface area contributed by atoms with Crippen molar-refractivity contribution in [3.63, 3.8) is 0 Å². The van der Waals surface area contributed by atoms with Gasteiger partial charge in [0.15, 0.2) is 11.5 Å². The molecule has 8 nitrogen and oxygen atoms in total. The van der Waals surface area contributed by atoms with Crippen LogP contribution >= 0.6 is 0 Å². The maximum Gasteiger partial charge on any atom is 0.412 e. The van der Waals surface area contributed by atoms with Gasteiger partial charge >= 0.3 is 6.09 Å². The molecule has 0 unspecified atom stereocenters. The molecule has 0 bridgehead atoms. The summed E-state index contributed by atoms with van der Waals surface area (Å²) in [6.07, 6.45) is 6.83. The van der Waals surface area contributed by atoms with Gasteiger partial charge in [-0.05, 0) is 74.9 Å². The van der Waals surface area contributed by atoms with Gasteiger partial charge in [-0.25, -0.2) is 4.79 Å². The number of hydrogen-bond donors (Lipinski definition) is 1. The molecular formula is C29H34N4O4. The van der Waals surface area contributed by atoms with Crippen LogP contribution in [0.15, 0.2) is 54.7 Å². The molecule has 2 fully saturated rings. The zero-order valence-corrected chi connectivity index (χ0v) is 21.1. The largest absolute Gasteiger partial charge is 0.454 e. The van der Waals surface area contributed by atoms with Crippen molar-refractivity contribution in [2.24, 2.45) is 5.92 Å². The van der Waals surface area contributed by atoms with Gasteiger partial charge in [0.25, 0.3) is 0 Å². The van der Waals surface area contributed by atoms with Crippen LogP contribution in [0.1, 0.15) is 32.1 Å². The zero-order chi connectivity index (χ0) is 25.0. The molecule has 3 aliphatic rings. The first-order valence-electron chi connectivity index (χ1n) is 13.4. The van der Waals surface area contributed by atoms with E-state index < -0.39 is 0 Å². The Morgan fingerprint density at radius 1 is 0.973 bits per heavy atom. The lowest BCUT2D eigenvalue weighted by Crippen LogP contribution is -2.47. The molecule has 6 rings (SSSR count). The third-order valence-corrected chi connectivity index (χ3v) is 7.92. The molecule has 8 heteroatoms. The van der Waals surface area contributed by atoms with Crippen molar-refractivity contribution in [1.29, 1.82) is 0 Å². The molecule has 3 aromatic rings. The topological polar surface area (TPSA) is 76.2 Å². The third-order valence-electron chi connectivity index (χ3n) is 7.92. The molecule has 1 saturated carbocycles. The number of carbonyl (C=O) groups is 1. The highest BCUT2D eigenvalue weighted by Gasteiger charge is 2.26. The molecule has 37 heavy (non-hydrogen) atoms. The summed E-state index contributed by atoms with van der Waals surface area (Å²) in [7, 11) is 0. The van der Waals surface area contributed by atoms with Gasteiger partial charge in [0.2, 0.25) is 6.79 Å². The van der Waals surface area contributed by atoms with Crippen LogP contribution in [0.4, 0.5) is 10.5 Å². The van der Waals surface area contributed by atoms with E-state index in [9.17, 15) is 4.79 Å². The van der Waals surface area contributed by atoms with E-state index in [1.54, 1.807) is 12.3 Å². The molecule has 0 atom stereocenters. The van der Waals surface area contributed by atoms with Gasteiger partial charge < -0.3 is 24.4 Å². The van der Waals surface area contributed by atoms with Crippen molar-refractivity contribution < 1.29 is 19.0 Å². The van der Waals surface area contributed by atoms with E-state index in [0.29, 0.717) is 12.5 Å². The lowest BCUT2D eigenvalue weighted by Gasteiger charge is -2.37. The number of aromatic nitrogens is 1. The van der Waals surface area contributed by atoms with Crippen LogP contribution in [0.3, 0.4) is 0 Å². The molecule has 1 N–H and O–H groups in total. The number of nitrogens with one attached hydrogen (secondary N) is 1. The number of rotatable bonds is 6. The quantitative estimate of drug-likeness (QED) is 0.518. The highest BCUT2D eigenvalue weighted by Crippen LogP contribution is 2.41. The predicted octanol–water partition coefficient (Wildman–Crippen LogP) is 4.82. The Morgan fingerprint density at radius 2 is 1.81 bits per heavy atom. The van der Waals surface area contributed by atoms with Crippen molar-refractivity contribution in [3.05, 3.63) is 54.7 Å². The number of carbonyl (C=O) groups excluding carboxylic acids is 1. The molecular weight excluding hydrogens is 468 g/mol.